The minimum atomic E-state index is -1.06. The number of rotatable bonds is 4. The van der Waals surface area contributed by atoms with Crippen LogP contribution in [-0.2, 0) is 14.3 Å². The van der Waals surface area contributed by atoms with Gasteiger partial charge in [-0.05, 0) is 12.1 Å². The zero-order chi connectivity index (χ0) is 14.0. The van der Waals surface area contributed by atoms with Crippen LogP contribution in [0.4, 0.5) is 5.69 Å². The number of ether oxygens (including phenoxy) is 1. The van der Waals surface area contributed by atoms with Crippen molar-refractivity contribution in [1.29, 1.82) is 0 Å². The Morgan fingerprint density at radius 3 is 2.95 bits per heavy atom. The largest absolute Gasteiger partial charge is 0.469 e. The summed E-state index contributed by atoms with van der Waals surface area (Å²) in [6.07, 6.45) is -0.718. The molecular formula is C13H15NO4S. The minimum absolute atomic E-state index is 0.239. The zero-order valence-corrected chi connectivity index (χ0v) is 11.6. The summed E-state index contributed by atoms with van der Waals surface area (Å²) < 4.78 is 4.57. The molecule has 1 unspecified atom stereocenters. The first kappa shape index (κ1) is 13.9. The third kappa shape index (κ3) is 2.74. The molecule has 1 aliphatic rings. The normalized spacial score (nSPS) is 17.5. The molecule has 6 heteroatoms. The number of amides is 1. The van der Waals surface area contributed by atoms with Crippen LogP contribution in [0, 0.1) is 0 Å². The number of carbonyl (C=O) groups is 2. The maximum Gasteiger partial charge on any atom is 0.306 e. The first-order chi connectivity index (χ1) is 9.04. The fraction of sp³-hybridized carbons (Fsp3) is 0.385. The summed E-state index contributed by atoms with van der Waals surface area (Å²) in [6.45, 7) is 0. The molecule has 0 saturated carbocycles. The zero-order valence-electron chi connectivity index (χ0n) is 10.8. The average Bonchev–Trinajstić information content (AvgIpc) is 2.63. The van der Waals surface area contributed by atoms with E-state index in [0.717, 1.165) is 10.6 Å². The Morgan fingerprint density at radius 2 is 2.26 bits per heavy atom. The smallest absolute Gasteiger partial charge is 0.306 e. The van der Waals surface area contributed by atoms with E-state index in [0.29, 0.717) is 17.7 Å². The maximum atomic E-state index is 11.6. The van der Waals surface area contributed by atoms with Gasteiger partial charge in [-0.3, -0.25) is 9.59 Å². The second-order valence-corrected chi connectivity index (χ2v) is 5.36. The molecule has 1 heterocycles. The molecule has 1 aliphatic heterocycles. The third-order valence-corrected chi connectivity index (χ3v) is 4.02. The minimum Gasteiger partial charge on any atom is -0.469 e. The van der Waals surface area contributed by atoms with Crippen LogP contribution in [0.5, 0.6) is 0 Å². The van der Waals surface area contributed by atoms with Gasteiger partial charge in [-0.15, -0.1) is 11.8 Å². The van der Waals surface area contributed by atoms with Crippen LogP contribution in [0.25, 0.3) is 0 Å². The van der Waals surface area contributed by atoms with Gasteiger partial charge in [0.25, 0.3) is 5.91 Å². The van der Waals surface area contributed by atoms with E-state index in [-0.39, 0.29) is 11.9 Å². The van der Waals surface area contributed by atoms with Gasteiger partial charge in [-0.25, -0.2) is 0 Å². The molecule has 0 fully saturated rings. The van der Waals surface area contributed by atoms with Crippen molar-refractivity contribution >= 4 is 29.3 Å². The highest BCUT2D eigenvalue weighted by Crippen LogP contribution is 2.37. The summed E-state index contributed by atoms with van der Waals surface area (Å²) in [5.74, 6) is 0.0640. The van der Waals surface area contributed by atoms with Gasteiger partial charge in [0, 0.05) is 23.3 Å². The number of likely N-dealkylation sites (N-methyl/N-ethyl adjacent to an activating group) is 1. The molecule has 0 radical (unpaired) electrons. The molecular weight excluding hydrogens is 266 g/mol. The van der Waals surface area contributed by atoms with Crippen LogP contribution in [-0.4, -0.2) is 36.9 Å². The molecule has 1 aromatic rings. The van der Waals surface area contributed by atoms with Crippen molar-refractivity contribution in [1.82, 2.24) is 0 Å². The Kier molecular flexibility index (Phi) is 4.11. The Labute approximate surface area is 115 Å². The molecule has 0 bridgehead atoms. The SMILES string of the molecule is COC(=O)CCSc1ccc2c(c1)N(C)C(=O)C2O. The summed E-state index contributed by atoms with van der Waals surface area (Å²) in [5.41, 5.74) is 1.35. The van der Waals surface area contributed by atoms with Crippen LogP contribution in [0.2, 0.25) is 0 Å². The number of hydrogen-bond acceptors (Lipinski definition) is 5. The highest BCUT2D eigenvalue weighted by Gasteiger charge is 2.33. The molecule has 5 nitrogen and oxygen atoms in total. The Balaban J connectivity index is 2.06. The van der Waals surface area contributed by atoms with E-state index in [1.165, 1.54) is 23.8 Å². The van der Waals surface area contributed by atoms with Gasteiger partial charge in [0.15, 0.2) is 6.10 Å². The maximum absolute atomic E-state index is 11.6. The summed E-state index contributed by atoms with van der Waals surface area (Å²) in [4.78, 5) is 25.0. The number of fused-ring (bicyclic) bond motifs is 1. The van der Waals surface area contributed by atoms with Crippen LogP contribution in [0.3, 0.4) is 0 Å². The van der Waals surface area contributed by atoms with E-state index < -0.39 is 6.10 Å². The van der Waals surface area contributed by atoms with Gasteiger partial charge in [-0.1, -0.05) is 6.07 Å². The Hall–Kier alpha value is -1.53. The van der Waals surface area contributed by atoms with Crippen molar-refractivity contribution in [2.75, 3.05) is 24.8 Å². The summed E-state index contributed by atoms with van der Waals surface area (Å²) in [5, 5.41) is 9.73. The van der Waals surface area contributed by atoms with Crippen LogP contribution in [0.1, 0.15) is 18.1 Å². The molecule has 19 heavy (non-hydrogen) atoms. The quantitative estimate of drug-likeness (QED) is 0.666. The number of nitrogens with zero attached hydrogens (tertiary/aromatic N) is 1. The Morgan fingerprint density at radius 1 is 1.53 bits per heavy atom. The summed E-state index contributed by atoms with van der Waals surface area (Å²) in [7, 11) is 3.00. The number of carbonyl (C=O) groups excluding carboxylic acids is 2. The predicted molar refractivity (Wildman–Crippen MR) is 72.2 cm³/mol. The third-order valence-electron chi connectivity index (χ3n) is 3.02. The first-order valence-electron chi connectivity index (χ1n) is 5.83. The van der Waals surface area contributed by atoms with E-state index in [2.05, 4.69) is 4.74 Å². The molecule has 2 rings (SSSR count). The number of anilines is 1. The molecule has 102 valence electrons. The fourth-order valence-corrected chi connectivity index (χ4v) is 2.79. The fourth-order valence-electron chi connectivity index (χ4n) is 1.92. The highest BCUT2D eigenvalue weighted by atomic mass is 32.2. The number of benzene rings is 1. The standard InChI is InChI=1S/C13H15NO4S/c1-14-10-7-8(19-6-5-11(15)18-2)3-4-9(10)12(16)13(14)17/h3-4,7,12,16H,5-6H2,1-2H3. The van der Waals surface area contributed by atoms with Gasteiger partial charge in [-0.2, -0.15) is 0 Å². The number of aliphatic hydroxyl groups is 1. The Bertz CT molecular complexity index is 517. The van der Waals surface area contributed by atoms with Crippen molar-refractivity contribution in [3.05, 3.63) is 23.8 Å². The van der Waals surface area contributed by atoms with Crippen molar-refractivity contribution in [3.8, 4) is 0 Å². The summed E-state index contributed by atoms with van der Waals surface area (Å²) in [6, 6.07) is 5.45. The van der Waals surface area contributed by atoms with E-state index in [1.807, 2.05) is 12.1 Å². The van der Waals surface area contributed by atoms with Gasteiger partial charge in [0.05, 0.1) is 19.2 Å². The molecule has 1 aromatic carbocycles. The van der Waals surface area contributed by atoms with E-state index in [1.54, 1.807) is 13.1 Å². The monoisotopic (exact) mass is 281 g/mol. The molecule has 0 spiro atoms. The average molecular weight is 281 g/mol. The number of methoxy groups -OCH3 is 1. The van der Waals surface area contributed by atoms with E-state index in [9.17, 15) is 14.7 Å². The lowest BCUT2D eigenvalue weighted by Gasteiger charge is -2.10. The van der Waals surface area contributed by atoms with Crippen LogP contribution < -0.4 is 4.90 Å². The number of aliphatic hydroxyl groups excluding tert-OH is 1. The molecule has 0 aliphatic carbocycles. The number of hydrogen-bond donors (Lipinski definition) is 1. The van der Waals surface area contributed by atoms with Gasteiger partial charge in [0.2, 0.25) is 0 Å². The lowest BCUT2D eigenvalue weighted by molar-refractivity contribution is -0.140. The lowest BCUT2D eigenvalue weighted by Crippen LogP contribution is -2.23. The summed E-state index contributed by atoms with van der Waals surface area (Å²) >= 11 is 1.51. The van der Waals surface area contributed by atoms with Crippen molar-refractivity contribution in [3.63, 3.8) is 0 Å². The molecule has 1 atom stereocenters. The van der Waals surface area contributed by atoms with Gasteiger partial charge < -0.3 is 14.7 Å². The number of esters is 1. The molecule has 1 N–H and O–H groups in total. The predicted octanol–water partition coefficient (Wildman–Crippen LogP) is 1.35. The highest BCUT2D eigenvalue weighted by molar-refractivity contribution is 7.99. The van der Waals surface area contributed by atoms with Crippen molar-refractivity contribution in [2.45, 2.75) is 17.4 Å². The van der Waals surface area contributed by atoms with Crippen LogP contribution >= 0.6 is 11.8 Å². The van der Waals surface area contributed by atoms with E-state index >= 15 is 0 Å². The van der Waals surface area contributed by atoms with Crippen molar-refractivity contribution < 1.29 is 19.4 Å². The second kappa shape index (κ2) is 5.63. The molecule has 0 saturated heterocycles. The molecule has 1 amide bonds. The first-order valence-corrected chi connectivity index (χ1v) is 6.82. The van der Waals surface area contributed by atoms with E-state index in [4.69, 9.17) is 0 Å². The lowest BCUT2D eigenvalue weighted by atomic mass is 10.1. The number of thioether (sulfide) groups is 1. The van der Waals surface area contributed by atoms with Gasteiger partial charge in [0.1, 0.15) is 0 Å². The van der Waals surface area contributed by atoms with Crippen LogP contribution in [0.15, 0.2) is 23.1 Å². The topological polar surface area (TPSA) is 66.8 Å². The van der Waals surface area contributed by atoms with Crippen molar-refractivity contribution in [2.24, 2.45) is 0 Å². The van der Waals surface area contributed by atoms with Gasteiger partial charge >= 0.3 is 5.97 Å². The second-order valence-electron chi connectivity index (χ2n) is 4.20. The molecule has 0 aromatic heterocycles.